The van der Waals surface area contributed by atoms with Gasteiger partial charge >= 0.3 is 6.09 Å². The number of amides is 1. The SMILES string of the molecule is CC(CN)NC1CCN(C(=O)OC(C)(C)C)C1. The predicted octanol–water partition coefficient (Wildman–Crippen LogP) is 0.933. The largest absolute Gasteiger partial charge is 0.444 e. The summed E-state index contributed by atoms with van der Waals surface area (Å²) in [4.78, 5) is 13.6. The Morgan fingerprint density at radius 3 is 2.76 bits per heavy atom. The van der Waals surface area contributed by atoms with Crippen LogP contribution in [0.25, 0.3) is 0 Å². The van der Waals surface area contributed by atoms with Gasteiger partial charge < -0.3 is 20.7 Å². The zero-order valence-corrected chi connectivity index (χ0v) is 11.3. The van der Waals surface area contributed by atoms with Crippen molar-refractivity contribution in [1.82, 2.24) is 10.2 Å². The van der Waals surface area contributed by atoms with Gasteiger partial charge in [-0.15, -0.1) is 0 Å². The lowest BCUT2D eigenvalue weighted by Gasteiger charge is -2.24. The molecule has 5 heteroatoms. The molecule has 1 amide bonds. The first-order valence-corrected chi connectivity index (χ1v) is 6.26. The van der Waals surface area contributed by atoms with Crippen LogP contribution in [0, 0.1) is 0 Å². The Morgan fingerprint density at radius 2 is 2.24 bits per heavy atom. The molecule has 1 saturated heterocycles. The lowest BCUT2D eigenvalue weighted by Crippen LogP contribution is -2.43. The zero-order valence-electron chi connectivity index (χ0n) is 11.3. The molecule has 1 heterocycles. The molecule has 0 aromatic rings. The number of hydrogen-bond acceptors (Lipinski definition) is 4. The molecule has 0 aromatic carbocycles. The van der Waals surface area contributed by atoms with Crippen molar-refractivity contribution in [2.24, 2.45) is 5.73 Å². The van der Waals surface area contributed by atoms with E-state index < -0.39 is 5.60 Å². The maximum Gasteiger partial charge on any atom is 0.410 e. The molecule has 1 rings (SSSR count). The quantitative estimate of drug-likeness (QED) is 0.774. The number of hydrogen-bond donors (Lipinski definition) is 2. The van der Waals surface area contributed by atoms with Crippen LogP contribution in [0.4, 0.5) is 4.79 Å². The fourth-order valence-electron chi connectivity index (χ4n) is 1.86. The van der Waals surface area contributed by atoms with E-state index in [1.54, 1.807) is 4.90 Å². The van der Waals surface area contributed by atoms with E-state index in [9.17, 15) is 4.79 Å². The molecule has 1 aliphatic heterocycles. The van der Waals surface area contributed by atoms with Crippen molar-refractivity contribution >= 4 is 6.09 Å². The van der Waals surface area contributed by atoms with Crippen molar-refractivity contribution in [3.8, 4) is 0 Å². The standard InChI is InChI=1S/C12H25N3O2/c1-9(7-13)14-10-5-6-15(8-10)11(16)17-12(2,3)4/h9-10,14H,5-8,13H2,1-4H3. The zero-order chi connectivity index (χ0) is 13.1. The van der Waals surface area contributed by atoms with Crippen LogP contribution in [-0.2, 0) is 4.74 Å². The minimum atomic E-state index is -0.423. The van der Waals surface area contributed by atoms with Crippen LogP contribution >= 0.6 is 0 Å². The average Bonchev–Trinajstić information content (AvgIpc) is 2.63. The highest BCUT2D eigenvalue weighted by molar-refractivity contribution is 5.68. The van der Waals surface area contributed by atoms with E-state index in [0.29, 0.717) is 25.2 Å². The van der Waals surface area contributed by atoms with Gasteiger partial charge in [0.15, 0.2) is 0 Å². The summed E-state index contributed by atoms with van der Waals surface area (Å²) in [6, 6.07) is 0.625. The van der Waals surface area contributed by atoms with Crippen molar-refractivity contribution in [1.29, 1.82) is 0 Å². The second-order valence-electron chi connectivity index (χ2n) is 5.72. The van der Waals surface area contributed by atoms with E-state index in [2.05, 4.69) is 12.2 Å². The molecule has 17 heavy (non-hydrogen) atoms. The molecule has 1 fully saturated rings. The third-order valence-electron chi connectivity index (χ3n) is 2.71. The number of rotatable bonds is 3. The van der Waals surface area contributed by atoms with Crippen LogP contribution in [0.1, 0.15) is 34.1 Å². The molecule has 3 N–H and O–H groups in total. The summed E-state index contributed by atoms with van der Waals surface area (Å²) in [6.07, 6.45) is 0.742. The molecule has 1 aliphatic rings. The average molecular weight is 243 g/mol. The molecule has 0 aliphatic carbocycles. The van der Waals surface area contributed by atoms with Crippen molar-refractivity contribution in [3.05, 3.63) is 0 Å². The fraction of sp³-hybridized carbons (Fsp3) is 0.917. The van der Waals surface area contributed by atoms with Crippen LogP contribution in [0.2, 0.25) is 0 Å². The highest BCUT2D eigenvalue weighted by atomic mass is 16.6. The first-order chi connectivity index (χ1) is 7.81. The Morgan fingerprint density at radius 1 is 1.59 bits per heavy atom. The van der Waals surface area contributed by atoms with Gasteiger partial charge in [-0.1, -0.05) is 0 Å². The molecule has 2 atom stereocenters. The summed E-state index contributed by atoms with van der Waals surface area (Å²) in [6.45, 7) is 9.77. The number of nitrogens with two attached hydrogens (primary N) is 1. The predicted molar refractivity (Wildman–Crippen MR) is 67.9 cm³/mol. The molecule has 0 aromatic heterocycles. The normalized spacial score (nSPS) is 22.6. The minimum Gasteiger partial charge on any atom is -0.444 e. The van der Waals surface area contributed by atoms with E-state index in [4.69, 9.17) is 10.5 Å². The topological polar surface area (TPSA) is 67.6 Å². The number of nitrogens with one attached hydrogen (secondary N) is 1. The van der Waals surface area contributed by atoms with Gasteiger partial charge in [-0.05, 0) is 34.1 Å². The summed E-state index contributed by atoms with van der Waals surface area (Å²) in [5.74, 6) is 0. The monoisotopic (exact) mass is 243 g/mol. The maximum absolute atomic E-state index is 11.8. The van der Waals surface area contributed by atoms with E-state index in [1.807, 2.05) is 20.8 Å². The van der Waals surface area contributed by atoms with Crippen LogP contribution in [-0.4, -0.2) is 48.3 Å². The summed E-state index contributed by atoms with van der Waals surface area (Å²) in [7, 11) is 0. The Balaban J connectivity index is 2.37. The summed E-state index contributed by atoms with van der Waals surface area (Å²) in [5, 5.41) is 3.40. The van der Waals surface area contributed by atoms with Crippen molar-refractivity contribution < 1.29 is 9.53 Å². The second kappa shape index (κ2) is 5.69. The smallest absolute Gasteiger partial charge is 0.410 e. The molecule has 2 unspecified atom stereocenters. The number of ether oxygens (including phenoxy) is 1. The molecular formula is C12H25N3O2. The highest BCUT2D eigenvalue weighted by Gasteiger charge is 2.29. The van der Waals surface area contributed by atoms with Crippen LogP contribution in [0.3, 0.4) is 0 Å². The summed E-state index contributed by atoms with van der Waals surface area (Å²) < 4.78 is 5.34. The van der Waals surface area contributed by atoms with E-state index in [0.717, 1.165) is 13.0 Å². The van der Waals surface area contributed by atoms with Gasteiger partial charge in [0, 0.05) is 31.7 Å². The van der Waals surface area contributed by atoms with Gasteiger partial charge in [0.05, 0.1) is 0 Å². The highest BCUT2D eigenvalue weighted by Crippen LogP contribution is 2.15. The lowest BCUT2D eigenvalue weighted by atomic mass is 10.2. The van der Waals surface area contributed by atoms with E-state index >= 15 is 0 Å². The number of carbonyl (C=O) groups excluding carboxylic acids is 1. The van der Waals surface area contributed by atoms with Crippen molar-refractivity contribution in [2.45, 2.75) is 51.8 Å². The van der Waals surface area contributed by atoms with Crippen LogP contribution < -0.4 is 11.1 Å². The van der Waals surface area contributed by atoms with Gasteiger partial charge in [0.25, 0.3) is 0 Å². The van der Waals surface area contributed by atoms with Gasteiger partial charge in [-0.3, -0.25) is 0 Å². The van der Waals surface area contributed by atoms with E-state index in [1.165, 1.54) is 0 Å². The Hall–Kier alpha value is -0.810. The molecule has 0 spiro atoms. The van der Waals surface area contributed by atoms with Crippen molar-refractivity contribution in [2.75, 3.05) is 19.6 Å². The number of likely N-dealkylation sites (tertiary alicyclic amines) is 1. The second-order valence-corrected chi connectivity index (χ2v) is 5.72. The molecule has 5 nitrogen and oxygen atoms in total. The van der Waals surface area contributed by atoms with Crippen LogP contribution in [0.5, 0.6) is 0 Å². The number of nitrogens with zero attached hydrogens (tertiary/aromatic N) is 1. The van der Waals surface area contributed by atoms with Gasteiger partial charge in [0.1, 0.15) is 5.60 Å². The third kappa shape index (κ3) is 4.91. The molecule has 0 saturated carbocycles. The number of carbonyl (C=O) groups is 1. The molecule has 0 bridgehead atoms. The molecule has 100 valence electrons. The Bertz CT molecular complexity index is 263. The minimum absolute atomic E-state index is 0.220. The fourth-order valence-corrected chi connectivity index (χ4v) is 1.86. The first kappa shape index (κ1) is 14.3. The Kier molecular flexibility index (Phi) is 4.77. The molecular weight excluding hydrogens is 218 g/mol. The Labute approximate surface area is 104 Å². The van der Waals surface area contributed by atoms with Gasteiger partial charge in [-0.25, -0.2) is 4.79 Å². The summed E-state index contributed by atoms with van der Waals surface area (Å²) in [5.41, 5.74) is 5.14. The van der Waals surface area contributed by atoms with Crippen LogP contribution in [0.15, 0.2) is 0 Å². The first-order valence-electron chi connectivity index (χ1n) is 6.26. The van der Waals surface area contributed by atoms with E-state index in [-0.39, 0.29) is 6.09 Å². The maximum atomic E-state index is 11.8. The van der Waals surface area contributed by atoms with Crippen molar-refractivity contribution in [3.63, 3.8) is 0 Å². The summed E-state index contributed by atoms with van der Waals surface area (Å²) >= 11 is 0. The molecule has 0 radical (unpaired) electrons. The van der Waals surface area contributed by atoms with Gasteiger partial charge in [0.2, 0.25) is 0 Å². The van der Waals surface area contributed by atoms with Gasteiger partial charge in [-0.2, -0.15) is 0 Å². The third-order valence-corrected chi connectivity index (χ3v) is 2.71. The lowest BCUT2D eigenvalue weighted by molar-refractivity contribution is 0.0290.